The highest BCUT2D eigenvalue weighted by atomic mass is 35.5. The average molecular weight is 380 g/mol. The number of anilines is 1. The van der Waals surface area contributed by atoms with Gasteiger partial charge in [-0.1, -0.05) is 54.1 Å². The van der Waals surface area contributed by atoms with Crippen molar-refractivity contribution in [2.45, 2.75) is 18.9 Å². The van der Waals surface area contributed by atoms with E-state index < -0.39 is 6.10 Å². The lowest BCUT2D eigenvalue weighted by atomic mass is 9.87. The zero-order valence-corrected chi connectivity index (χ0v) is 15.8. The first-order valence-corrected chi connectivity index (χ1v) is 9.65. The summed E-state index contributed by atoms with van der Waals surface area (Å²) in [6.45, 7) is 1.68. The number of hydrogen-bond donors (Lipinski definition) is 1. The summed E-state index contributed by atoms with van der Waals surface area (Å²) in [5, 5.41) is 11.5. The van der Waals surface area contributed by atoms with Crippen molar-refractivity contribution in [1.29, 1.82) is 0 Å². The van der Waals surface area contributed by atoms with Crippen LogP contribution in [-0.4, -0.2) is 28.2 Å². The van der Waals surface area contributed by atoms with Gasteiger partial charge in [0, 0.05) is 30.5 Å². The summed E-state index contributed by atoms with van der Waals surface area (Å²) in [5.74, 6) is 0.945. The molecule has 0 aliphatic carbocycles. The molecular weight excluding hydrogens is 358 g/mol. The van der Waals surface area contributed by atoms with E-state index in [9.17, 15) is 5.11 Å². The van der Waals surface area contributed by atoms with Crippen LogP contribution in [0.25, 0.3) is 11.1 Å². The van der Waals surface area contributed by atoms with E-state index in [0.29, 0.717) is 5.02 Å². The van der Waals surface area contributed by atoms with Gasteiger partial charge in [-0.2, -0.15) is 0 Å². The molecule has 4 nitrogen and oxygen atoms in total. The van der Waals surface area contributed by atoms with Gasteiger partial charge in [-0.05, 0) is 47.6 Å². The van der Waals surface area contributed by atoms with Gasteiger partial charge >= 0.3 is 0 Å². The highest BCUT2D eigenvalue weighted by Gasteiger charge is 2.28. The minimum atomic E-state index is -0.554. The van der Waals surface area contributed by atoms with Crippen molar-refractivity contribution in [3.8, 4) is 11.1 Å². The molecule has 1 aliphatic heterocycles. The Morgan fingerprint density at radius 3 is 2.30 bits per heavy atom. The third kappa shape index (κ3) is 3.97. The van der Waals surface area contributed by atoms with Gasteiger partial charge in [-0.3, -0.25) is 0 Å². The number of rotatable bonds is 4. The SMILES string of the molecule is OC(c1ccc(-c2ccccc2)cc1Cl)C1CCN(c2ncccn2)CC1. The van der Waals surface area contributed by atoms with Crippen molar-refractivity contribution in [2.75, 3.05) is 18.0 Å². The van der Waals surface area contributed by atoms with Crippen LogP contribution in [0.15, 0.2) is 67.0 Å². The summed E-state index contributed by atoms with van der Waals surface area (Å²) < 4.78 is 0. The number of benzene rings is 2. The van der Waals surface area contributed by atoms with Crippen LogP contribution in [-0.2, 0) is 0 Å². The molecule has 1 aromatic heterocycles. The molecule has 4 rings (SSSR count). The first-order valence-electron chi connectivity index (χ1n) is 9.27. The van der Waals surface area contributed by atoms with Crippen LogP contribution in [0.4, 0.5) is 5.95 Å². The molecule has 138 valence electrons. The minimum Gasteiger partial charge on any atom is -0.388 e. The predicted molar refractivity (Wildman–Crippen MR) is 109 cm³/mol. The number of nitrogens with zero attached hydrogens (tertiary/aromatic N) is 3. The number of hydrogen-bond acceptors (Lipinski definition) is 4. The Morgan fingerprint density at radius 2 is 1.63 bits per heavy atom. The lowest BCUT2D eigenvalue weighted by Crippen LogP contribution is -2.36. The van der Waals surface area contributed by atoms with Gasteiger partial charge in [0.15, 0.2) is 0 Å². The Labute approximate surface area is 164 Å². The Morgan fingerprint density at radius 1 is 0.926 bits per heavy atom. The van der Waals surface area contributed by atoms with Gasteiger partial charge in [-0.25, -0.2) is 9.97 Å². The van der Waals surface area contributed by atoms with E-state index in [1.54, 1.807) is 12.4 Å². The van der Waals surface area contributed by atoms with Gasteiger partial charge in [0.05, 0.1) is 6.10 Å². The predicted octanol–water partition coefficient (Wildman–Crippen LogP) is 4.75. The maximum absolute atomic E-state index is 10.9. The van der Waals surface area contributed by atoms with E-state index in [1.807, 2.05) is 42.5 Å². The number of aliphatic hydroxyl groups excluding tert-OH is 1. The van der Waals surface area contributed by atoms with E-state index in [4.69, 9.17) is 11.6 Å². The van der Waals surface area contributed by atoms with Crippen molar-refractivity contribution >= 4 is 17.5 Å². The quantitative estimate of drug-likeness (QED) is 0.710. The fourth-order valence-corrected chi connectivity index (χ4v) is 3.99. The summed E-state index contributed by atoms with van der Waals surface area (Å²) in [6, 6.07) is 17.9. The third-order valence-corrected chi connectivity index (χ3v) is 5.57. The molecule has 0 bridgehead atoms. The van der Waals surface area contributed by atoms with Crippen molar-refractivity contribution in [2.24, 2.45) is 5.92 Å². The normalized spacial score (nSPS) is 16.3. The first-order chi connectivity index (χ1) is 13.2. The number of halogens is 1. The first kappa shape index (κ1) is 18.0. The lowest BCUT2D eigenvalue weighted by Gasteiger charge is -2.34. The van der Waals surface area contributed by atoms with Crippen LogP contribution in [0.2, 0.25) is 5.02 Å². The second-order valence-corrected chi connectivity index (χ2v) is 7.33. The molecule has 1 unspecified atom stereocenters. The molecule has 1 aliphatic rings. The molecule has 2 heterocycles. The molecule has 5 heteroatoms. The molecule has 0 saturated carbocycles. The summed E-state index contributed by atoms with van der Waals surface area (Å²) in [7, 11) is 0. The van der Waals surface area contributed by atoms with E-state index >= 15 is 0 Å². The number of aromatic nitrogens is 2. The van der Waals surface area contributed by atoms with Crippen LogP contribution in [0.3, 0.4) is 0 Å². The average Bonchev–Trinajstić information content (AvgIpc) is 2.74. The third-order valence-electron chi connectivity index (χ3n) is 5.25. The highest BCUT2D eigenvalue weighted by molar-refractivity contribution is 6.31. The molecule has 1 atom stereocenters. The van der Waals surface area contributed by atoms with E-state index in [0.717, 1.165) is 48.6 Å². The molecular formula is C22H22ClN3O. The molecule has 1 saturated heterocycles. The molecule has 27 heavy (non-hydrogen) atoms. The van der Waals surface area contributed by atoms with Gasteiger partial charge in [-0.15, -0.1) is 0 Å². The van der Waals surface area contributed by atoms with Gasteiger partial charge in [0.1, 0.15) is 0 Å². The molecule has 2 aromatic carbocycles. The Bertz CT molecular complexity index is 881. The second-order valence-electron chi connectivity index (χ2n) is 6.92. The fourth-order valence-electron chi connectivity index (χ4n) is 3.70. The van der Waals surface area contributed by atoms with E-state index in [2.05, 4.69) is 27.0 Å². The Kier molecular flexibility index (Phi) is 5.37. The molecule has 0 amide bonds. The summed E-state index contributed by atoms with van der Waals surface area (Å²) in [5.41, 5.74) is 3.00. The molecule has 0 radical (unpaired) electrons. The maximum atomic E-state index is 10.9. The maximum Gasteiger partial charge on any atom is 0.225 e. The van der Waals surface area contributed by atoms with Crippen LogP contribution >= 0.6 is 11.6 Å². The van der Waals surface area contributed by atoms with Crippen molar-refractivity contribution in [3.05, 3.63) is 77.6 Å². The monoisotopic (exact) mass is 379 g/mol. The lowest BCUT2D eigenvalue weighted by molar-refractivity contribution is 0.0929. The van der Waals surface area contributed by atoms with E-state index in [-0.39, 0.29) is 5.92 Å². The summed E-state index contributed by atoms with van der Waals surface area (Å²) >= 11 is 6.53. The Hall–Kier alpha value is -2.43. The van der Waals surface area contributed by atoms with Crippen LogP contribution in [0, 0.1) is 5.92 Å². The summed E-state index contributed by atoms with van der Waals surface area (Å²) in [4.78, 5) is 10.8. The fraction of sp³-hybridized carbons (Fsp3) is 0.273. The molecule has 1 fully saturated rings. The van der Waals surface area contributed by atoms with Crippen molar-refractivity contribution < 1.29 is 5.11 Å². The van der Waals surface area contributed by atoms with Crippen molar-refractivity contribution in [1.82, 2.24) is 9.97 Å². The molecule has 3 aromatic rings. The van der Waals surface area contributed by atoms with Gasteiger partial charge < -0.3 is 10.0 Å². The second kappa shape index (κ2) is 8.07. The van der Waals surface area contributed by atoms with Gasteiger partial charge in [0.2, 0.25) is 5.95 Å². The minimum absolute atomic E-state index is 0.185. The van der Waals surface area contributed by atoms with E-state index in [1.165, 1.54) is 0 Å². The van der Waals surface area contributed by atoms with Crippen molar-refractivity contribution in [3.63, 3.8) is 0 Å². The zero-order chi connectivity index (χ0) is 18.6. The standard InChI is InChI=1S/C22H22ClN3O/c23-20-15-18(16-5-2-1-3-6-16)7-8-19(20)21(27)17-9-13-26(14-10-17)22-24-11-4-12-25-22/h1-8,11-12,15,17,21,27H,9-10,13-14H2. The number of aliphatic hydroxyl groups is 1. The zero-order valence-electron chi connectivity index (χ0n) is 15.0. The number of piperidine rings is 1. The Balaban J connectivity index is 1.45. The topological polar surface area (TPSA) is 49.2 Å². The smallest absolute Gasteiger partial charge is 0.225 e. The van der Waals surface area contributed by atoms with Crippen LogP contribution in [0.1, 0.15) is 24.5 Å². The van der Waals surface area contributed by atoms with Gasteiger partial charge in [0.25, 0.3) is 0 Å². The van der Waals surface area contributed by atoms with Crippen LogP contribution in [0.5, 0.6) is 0 Å². The highest BCUT2D eigenvalue weighted by Crippen LogP contribution is 2.36. The van der Waals surface area contributed by atoms with Crippen LogP contribution < -0.4 is 4.90 Å². The molecule has 0 spiro atoms. The molecule has 1 N–H and O–H groups in total. The summed E-state index contributed by atoms with van der Waals surface area (Å²) in [6.07, 6.45) is 4.74. The largest absolute Gasteiger partial charge is 0.388 e.